The van der Waals surface area contributed by atoms with E-state index in [2.05, 4.69) is 27.3 Å². The molecule has 17 heavy (non-hydrogen) atoms. The van der Waals surface area contributed by atoms with Crippen LogP contribution in [0.25, 0.3) is 0 Å². The number of nitrogens with one attached hydrogen (secondary N) is 1. The molecule has 1 atom stereocenters. The molecule has 2 nitrogen and oxygen atoms in total. The quantitative estimate of drug-likeness (QED) is 0.916. The molecule has 2 rings (SSSR count). The topological polar surface area (TPSA) is 35.8 Å². The molecule has 2 aromatic rings. The molecule has 0 fully saturated rings. The molecule has 0 aliphatic heterocycles. The molecule has 1 unspecified atom stereocenters. The minimum absolute atomic E-state index is 0.322. The molecule has 0 amide bonds. The fourth-order valence-electron chi connectivity index (χ4n) is 1.41. The Bertz CT molecular complexity index is 562. The number of thiophene rings is 1. The first kappa shape index (κ1) is 12.1. The van der Waals surface area contributed by atoms with Gasteiger partial charge in [0.25, 0.3) is 0 Å². The molecule has 5 heteroatoms. The number of halogens is 2. The Kier molecular flexibility index (Phi) is 3.77. The Labute approximate surface area is 111 Å². The Balaban J connectivity index is 2.23. The third-order valence-electron chi connectivity index (χ3n) is 2.17. The van der Waals surface area contributed by atoms with Crippen molar-refractivity contribution in [1.29, 1.82) is 5.26 Å². The van der Waals surface area contributed by atoms with Crippen molar-refractivity contribution in [3.63, 3.8) is 0 Å². The van der Waals surface area contributed by atoms with Crippen molar-refractivity contribution < 1.29 is 4.39 Å². The average Bonchev–Trinajstić information content (AvgIpc) is 2.72. The van der Waals surface area contributed by atoms with Crippen molar-refractivity contribution in [3.05, 3.63) is 50.9 Å². The Morgan fingerprint density at radius 3 is 2.82 bits per heavy atom. The van der Waals surface area contributed by atoms with E-state index in [-0.39, 0.29) is 5.82 Å². The molecule has 1 N–H and O–H groups in total. The van der Waals surface area contributed by atoms with E-state index in [0.29, 0.717) is 5.69 Å². The van der Waals surface area contributed by atoms with Gasteiger partial charge in [-0.1, -0.05) is 6.07 Å². The molecule has 0 aliphatic rings. The molecular weight excluding hydrogens is 303 g/mol. The van der Waals surface area contributed by atoms with Gasteiger partial charge in [-0.25, -0.2) is 4.39 Å². The van der Waals surface area contributed by atoms with Crippen LogP contribution in [0.4, 0.5) is 10.1 Å². The van der Waals surface area contributed by atoms with Crippen LogP contribution in [-0.4, -0.2) is 0 Å². The second-order valence-corrected chi connectivity index (χ2v) is 5.15. The first-order valence-electron chi connectivity index (χ1n) is 4.85. The number of hydrogen-bond donors (Lipinski definition) is 1. The summed E-state index contributed by atoms with van der Waals surface area (Å²) < 4.78 is 13.9. The van der Waals surface area contributed by atoms with E-state index in [1.807, 2.05) is 11.4 Å². The minimum atomic E-state index is -0.480. The van der Waals surface area contributed by atoms with Crippen molar-refractivity contribution >= 4 is 33.0 Å². The van der Waals surface area contributed by atoms with E-state index in [0.717, 1.165) is 9.35 Å². The summed E-state index contributed by atoms with van der Waals surface area (Å²) in [6, 6.07) is 9.64. The number of nitrogens with zero attached hydrogens (tertiary/aromatic N) is 1. The van der Waals surface area contributed by atoms with Gasteiger partial charge in [0.1, 0.15) is 5.82 Å². The predicted octanol–water partition coefficient (Wildman–Crippen LogP) is 4.33. The van der Waals surface area contributed by atoms with Crippen LogP contribution in [0, 0.1) is 17.1 Å². The molecule has 0 spiro atoms. The van der Waals surface area contributed by atoms with Crippen LogP contribution in [0.2, 0.25) is 0 Å². The van der Waals surface area contributed by atoms with Crippen LogP contribution >= 0.6 is 27.3 Å². The minimum Gasteiger partial charge on any atom is -0.365 e. The van der Waals surface area contributed by atoms with Gasteiger partial charge in [-0.3, -0.25) is 0 Å². The average molecular weight is 311 g/mol. The third kappa shape index (κ3) is 2.84. The summed E-state index contributed by atoms with van der Waals surface area (Å²) in [5, 5.41) is 14.0. The summed E-state index contributed by atoms with van der Waals surface area (Å²) in [6.45, 7) is 0. The van der Waals surface area contributed by atoms with Crippen molar-refractivity contribution in [2.75, 3.05) is 5.32 Å². The second-order valence-electron chi connectivity index (χ2n) is 3.35. The van der Waals surface area contributed by atoms with Crippen molar-refractivity contribution in [1.82, 2.24) is 0 Å². The fraction of sp³-hybridized carbons (Fsp3) is 0.0833. The summed E-state index contributed by atoms with van der Waals surface area (Å²) in [7, 11) is 0. The van der Waals surface area contributed by atoms with Crippen LogP contribution in [-0.2, 0) is 0 Å². The van der Waals surface area contributed by atoms with Gasteiger partial charge in [-0.05, 0) is 45.6 Å². The first-order valence-corrected chi connectivity index (χ1v) is 6.52. The van der Waals surface area contributed by atoms with Gasteiger partial charge in [-0.2, -0.15) is 5.26 Å². The first-order chi connectivity index (χ1) is 8.20. The van der Waals surface area contributed by atoms with E-state index >= 15 is 0 Å². The molecule has 0 bridgehead atoms. The van der Waals surface area contributed by atoms with Gasteiger partial charge >= 0.3 is 0 Å². The molecule has 86 valence electrons. The lowest BCUT2D eigenvalue weighted by molar-refractivity contribution is 0.628. The van der Waals surface area contributed by atoms with E-state index in [4.69, 9.17) is 5.26 Å². The van der Waals surface area contributed by atoms with Crippen LogP contribution in [0.5, 0.6) is 0 Å². The maximum Gasteiger partial charge on any atom is 0.150 e. The lowest BCUT2D eigenvalue weighted by atomic mass is 10.2. The monoisotopic (exact) mass is 310 g/mol. The number of rotatable bonds is 3. The SMILES string of the molecule is N#CC(Nc1cccc(F)c1)c1sccc1Br. The second kappa shape index (κ2) is 5.30. The Morgan fingerprint density at radius 2 is 2.24 bits per heavy atom. The zero-order valence-corrected chi connectivity index (χ0v) is 11.1. The van der Waals surface area contributed by atoms with Crippen LogP contribution in [0.15, 0.2) is 40.2 Å². The lowest BCUT2D eigenvalue weighted by Crippen LogP contribution is -2.07. The number of benzene rings is 1. The molecule has 1 aromatic heterocycles. The van der Waals surface area contributed by atoms with Crippen LogP contribution in [0.1, 0.15) is 10.9 Å². The summed E-state index contributed by atoms with van der Waals surface area (Å²) in [6.07, 6.45) is 0. The van der Waals surface area contributed by atoms with Gasteiger partial charge in [0.05, 0.1) is 10.9 Å². The lowest BCUT2D eigenvalue weighted by Gasteiger charge is -2.12. The van der Waals surface area contributed by atoms with E-state index < -0.39 is 6.04 Å². The van der Waals surface area contributed by atoms with Gasteiger partial charge < -0.3 is 5.32 Å². The summed E-state index contributed by atoms with van der Waals surface area (Å²) >= 11 is 4.86. The van der Waals surface area contributed by atoms with E-state index in [1.165, 1.54) is 23.5 Å². The highest BCUT2D eigenvalue weighted by molar-refractivity contribution is 9.10. The standard InChI is InChI=1S/C12H8BrFN2S/c13-10-4-5-17-12(10)11(7-15)16-9-3-1-2-8(14)6-9/h1-6,11,16H. The molecular formula is C12H8BrFN2S. The summed E-state index contributed by atoms with van der Waals surface area (Å²) in [4.78, 5) is 0.886. The van der Waals surface area contributed by atoms with Gasteiger partial charge in [0, 0.05) is 10.2 Å². The molecule has 0 saturated heterocycles. The highest BCUT2D eigenvalue weighted by Gasteiger charge is 2.15. The predicted molar refractivity (Wildman–Crippen MR) is 70.4 cm³/mol. The van der Waals surface area contributed by atoms with Crippen LogP contribution < -0.4 is 5.32 Å². The largest absolute Gasteiger partial charge is 0.365 e. The smallest absolute Gasteiger partial charge is 0.150 e. The third-order valence-corrected chi connectivity index (χ3v) is 4.11. The maximum absolute atomic E-state index is 13.0. The molecule has 1 aromatic carbocycles. The van der Waals surface area contributed by atoms with Crippen molar-refractivity contribution in [2.45, 2.75) is 6.04 Å². The zero-order chi connectivity index (χ0) is 12.3. The van der Waals surface area contributed by atoms with Crippen molar-refractivity contribution in [3.8, 4) is 6.07 Å². The molecule has 0 saturated carbocycles. The number of nitriles is 1. The normalized spacial score (nSPS) is 11.8. The highest BCUT2D eigenvalue weighted by atomic mass is 79.9. The fourth-order valence-corrected chi connectivity index (χ4v) is 3.01. The highest BCUT2D eigenvalue weighted by Crippen LogP contribution is 2.31. The van der Waals surface area contributed by atoms with Crippen molar-refractivity contribution in [2.24, 2.45) is 0 Å². The molecule has 1 heterocycles. The maximum atomic E-state index is 13.0. The summed E-state index contributed by atoms with van der Waals surface area (Å²) in [5.74, 6) is -0.322. The van der Waals surface area contributed by atoms with E-state index in [9.17, 15) is 4.39 Å². The number of anilines is 1. The Morgan fingerprint density at radius 1 is 1.41 bits per heavy atom. The van der Waals surface area contributed by atoms with Crippen LogP contribution in [0.3, 0.4) is 0 Å². The molecule has 0 aliphatic carbocycles. The van der Waals surface area contributed by atoms with Gasteiger partial charge in [-0.15, -0.1) is 11.3 Å². The van der Waals surface area contributed by atoms with Gasteiger partial charge in [0.15, 0.2) is 6.04 Å². The Hall–Kier alpha value is -1.38. The summed E-state index contributed by atoms with van der Waals surface area (Å²) in [5.41, 5.74) is 0.594. The van der Waals surface area contributed by atoms with Gasteiger partial charge in [0.2, 0.25) is 0 Å². The number of hydrogen-bond acceptors (Lipinski definition) is 3. The zero-order valence-electron chi connectivity index (χ0n) is 8.65. The molecule has 0 radical (unpaired) electrons. The van der Waals surface area contributed by atoms with E-state index in [1.54, 1.807) is 12.1 Å².